The molecule has 1 heterocycles. The maximum Gasteiger partial charge on any atom is 0.146 e. The Bertz CT molecular complexity index is 311. The molecule has 1 aromatic heterocycles. The molecule has 3 nitrogen and oxygen atoms in total. The van der Waals surface area contributed by atoms with Crippen molar-refractivity contribution in [2.75, 3.05) is 11.1 Å². The molecule has 0 aliphatic heterocycles. The van der Waals surface area contributed by atoms with Crippen LogP contribution in [0, 0.1) is 5.92 Å². The van der Waals surface area contributed by atoms with Gasteiger partial charge >= 0.3 is 0 Å². The van der Waals surface area contributed by atoms with Gasteiger partial charge in [0.25, 0.3) is 0 Å². The van der Waals surface area contributed by atoms with E-state index in [0.29, 0.717) is 11.9 Å². The first-order valence-corrected chi connectivity index (χ1v) is 5.28. The molecule has 3 heteroatoms. The van der Waals surface area contributed by atoms with Gasteiger partial charge in [-0.25, -0.2) is 4.98 Å². The van der Waals surface area contributed by atoms with E-state index in [9.17, 15) is 0 Å². The van der Waals surface area contributed by atoms with Crippen molar-refractivity contribution in [1.82, 2.24) is 4.98 Å². The third-order valence-corrected chi connectivity index (χ3v) is 2.76. The van der Waals surface area contributed by atoms with Crippen molar-refractivity contribution >= 4 is 11.5 Å². The third-order valence-electron chi connectivity index (χ3n) is 2.76. The van der Waals surface area contributed by atoms with Crippen LogP contribution in [-0.2, 0) is 0 Å². The molecule has 0 amide bonds. The Morgan fingerprint density at radius 2 is 2.50 bits per heavy atom. The molecule has 1 fully saturated rings. The van der Waals surface area contributed by atoms with Gasteiger partial charge in [0.05, 0.1) is 5.69 Å². The highest BCUT2D eigenvalue weighted by atomic mass is 15.0. The number of nitrogens with one attached hydrogen (secondary N) is 1. The maximum atomic E-state index is 5.74. The van der Waals surface area contributed by atoms with Gasteiger partial charge in [0.1, 0.15) is 5.82 Å². The molecule has 0 bridgehead atoms. The number of nitrogens with two attached hydrogens (primary N) is 1. The van der Waals surface area contributed by atoms with Gasteiger partial charge in [-0.2, -0.15) is 0 Å². The summed E-state index contributed by atoms with van der Waals surface area (Å²) in [6, 6.07) is 4.53. The maximum absolute atomic E-state index is 5.74. The number of rotatable bonds is 4. The standard InChI is InChI=1S/C11H17N3/c1-2-4-8-7-10(8)14-9-5-3-6-13-11(9)12/h3,5-6,8,10,14H,2,4,7H2,1H3,(H2,12,13). The van der Waals surface area contributed by atoms with Crippen molar-refractivity contribution in [2.24, 2.45) is 5.92 Å². The smallest absolute Gasteiger partial charge is 0.146 e. The fourth-order valence-corrected chi connectivity index (χ4v) is 1.85. The van der Waals surface area contributed by atoms with Crippen LogP contribution in [0.25, 0.3) is 0 Å². The minimum atomic E-state index is 0.606. The quantitative estimate of drug-likeness (QED) is 0.767. The van der Waals surface area contributed by atoms with E-state index in [1.807, 2.05) is 12.1 Å². The Balaban J connectivity index is 1.90. The predicted octanol–water partition coefficient (Wildman–Crippen LogP) is 2.26. The second kappa shape index (κ2) is 3.86. The summed E-state index contributed by atoms with van der Waals surface area (Å²) in [6.07, 6.45) is 5.59. The molecule has 76 valence electrons. The first-order chi connectivity index (χ1) is 6.81. The van der Waals surface area contributed by atoms with E-state index >= 15 is 0 Å². The number of hydrogen-bond acceptors (Lipinski definition) is 3. The zero-order valence-corrected chi connectivity index (χ0v) is 8.53. The van der Waals surface area contributed by atoms with Crippen LogP contribution in [0.3, 0.4) is 0 Å². The summed E-state index contributed by atoms with van der Waals surface area (Å²) < 4.78 is 0. The minimum Gasteiger partial charge on any atom is -0.382 e. The lowest BCUT2D eigenvalue weighted by molar-refractivity contribution is 0.693. The molecule has 3 N–H and O–H groups in total. The van der Waals surface area contributed by atoms with Gasteiger partial charge in [0.15, 0.2) is 0 Å². The van der Waals surface area contributed by atoms with Gasteiger partial charge in [-0.1, -0.05) is 13.3 Å². The Labute approximate surface area is 84.7 Å². The molecule has 1 aliphatic carbocycles. The van der Waals surface area contributed by atoms with E-state index in [-0.39, 0.29) is 0 Å². The van der Waals surface area contributed by atoms with Gasteiger partial charge in [-0.3, -0.25) is 0 Å². The summed E-state index contributed by atoms with van der Waals surface area (Å²) in [5, 5.41) is 3.43. The topological polar surface area (TPSA) is 50.9 Å². The van der Waals surface area contributed by atoms with E-state index in [1.165, 1.54) is 19.3 Å². The molecule has 0 aromatic carbocycles. The van der Waals surface area contributed by atoms with Crippen LogP contribution in [0.4, 0.5) is 11.5 Å². The van der Waals surface area contributed by atoms with Gasteiger partial charge < -0.3 is 11.1 Å². The average Bonchev–Trinajstić information content (AvgIpc) is 2.89. The molecule has 2 rings (SSSR count). The van der Waals surface area contributed by atoms with Crippen LogP contribution in [0.15, 0.2) is 18.3 Å². The zero-order valence-electron chi connectivity index (χ0n) is 8.53. The summed E-state index contributed by atoms with van der Waals surface area (Å²) >= 11 is 0. The largest absolute Gasteiger partial charge is 0.382 e. The number of anilines is 2. The van der Waals surface area contributed by atoms with Crippen LogP contribution in [-0.4, -0.2) is 11.0 Å². The van der Waals surface area contributed by atoms with Crippen molar-refractivity contribution in [3.05, 3.63) is 18.3 Å². The lowest BCUT2D eigenvalue weighted by Gasteiger charge is -2.07. The van der Waals surface area contributed by atoms with Crippen LogP contribution in [0.1, 0.15) is 26.2 Å². The molecular weight excluding hydrogens is 174 g/mol. The van der Waals surface area contributed by atoms with E-state index < -0.39 is 0 Å². The SMILES string of the molecule is CCCC1CC1Nc1cccnc1N. The summed E-state index contributed by atoms with van der Waals surface area (Å²) in [6.45, 7) is 2.23. The number of pyridine rings is 1. The first kappa shape index (κ1) is 9.31. The second-order valence-electron chi connectivity index (χ2n) is 3.97. The molecule has 14 heavy (non-hydrogen) atoms. The summed E-state index contributed by atoms with van der Waals surface area (Å²) in [5.74, 6) is 1.45. The van der Waals surface area contributed by atoms with Crippen LogP contribution < -0.4 is 11.1 Å². The molecule has 1 aliphatic rings. The summed E-state index contributed by atoms with van der Waals surface area (Å²) in [7, 11) is 0. The highest BCUT2D eigenvalue weighted by Gasteiger charge is 2.36. The minimum absolute atomic E-state index is 0.606. The monoisotopic (exact) mass is 191 g/mol. The van der Waals surface area contributed by atoms with Gasteiger partial charge in [0.2, 0.25) is 0 Å². The summed E-state index contributed by atoms with van der Waals surface area (Å²) in [5.41, 5.74) is 6.72. The van der Waals surface area contributed by atoms with E-state index in [1.54, 1.807) is 6.20 Å². The number of nitrogen functional groups attached to an aromatic ring is 1. The number of nitrogens with zero attached hydrogens (tertiary/aromatic N) is 1. The van der Waals surface area contributed by atoms with Crippen LogP contribution >= 0.6 is 0 Å². The Morgan fingerprint density at radius 3 is 3.21 bits per heavy atom. The molecule has 1 aromatic rings. The van der Waals surface area contributed by atoms with E-state index in [4.69, 9.17) is 5.73 Å². The first-order valence-electron chi connectivity index (χ1n) is 5.28. The normalized spacial score (nSPS) is 24.6. The third kappa shape index (κ3) is 1.97. The van der Waals surface area contributed by atoms with Gasteiger partial charge in [-0.05, 0) is 30.9 Å². The molecule has 2 unspecified atom stereocenters. The molecule has 0 saturated heterocycles. The lowest BCUT2D eigenvalue weighted by Crippen LogP contribution is -2.07. The van der Waals surface area contributed by atoms with Crippen LogP contribution in [0.2, 0.25) is 0 Å². The van der Waals surface area contributed by atoms with Crippen molar-refractivity contribution in [3.63, 3.8) is 0 Å². The summed E-state index contributed by atoms with van der Waals surface area (Å²) in [4.78, 5) is 4.05. The number of aromatic nitrogens is 1. The Hall–Kier alpha value is -1.25. The van der Waals surface area contributed by atoms with E-state index in [2.05, 4.69) is 17.2 Å². The zero-order chi connectivity index (χ0) is 9.97. The molecule has 1 saturated carbocycles. The number of hydrogen-bond donors (Lipinski definition) is 2. The lowest BCUT2D eigenvalue weighted by atomic mass is 10.2. The van der Waals surface area contributed by atoms with Gasteiger partial charge in [0, 0.05) is 12.2 Å². The average molecular weight is 191 g/mol. The van der Waals surface area contributed by atoms with E-state index in [0.717, 1.165) is 11.6 Å². The van der Waals surface area contributed by atoms with Crippen molar-refractivity contribution in [1.29, 1.82) is 0 Å². The van der Waals surface area contributed by atoms with Gasteiger partial charge in [-0.15, -0.1) is 0 Å². The van der Waals surface area contributed by atoms with Crippen molar-refractivity contribution in [2.45, 2.75) is 32.2 Å². The van der Waals surface area contributed by atoms with Crippen LogP contribution in [0.5, 0.6) is 0 Å². The Kier molecular flexibility index (Phi) is 2.57. The molecule has 0 radical (unpaired) electrons. The highest BCUT2D eigenvalue weighted by molar-refractivity contribution is 5.62. The predicted molar refractivity (Wildman–Crippen MR) is 59.1 cm³/mol. The molecular formula is C11H17N3. The fourth-order valence-electron chi connectivity index (χ4n) is 1.85. The van der Waals surface area contributed by atoms with Crippen molar-refractivity contribution < 1.29 is 0 Å². The van der Waals surface area contributed by atoms with Crippen molar-refractivity contribution in [3.8, 4) is 0 Å². The molecule has 2 atom stereocenters. The highest BCUT2D eigenvalue weighted by Crippen LogP contribution is 2.37. The fraction of sp³-hybridized carbons (Fsp3) is 0.545. The Morgan fingerprint density at radius 1 is 1.64 bits per heavy atom. The second-order valence-corrected chi connectivity index (χ2v) is 3.97. The molecule has 0 spiro atoms.